The Morgan fingerprint density at radius 2 is 2.00 bits per heavy atom. The quantitative estimate of drug-likeness (QED) is 0.666. The molecule has 6 heteroatoms. The van der Waals surface area contributed by atoms with Gasteiger partial charge in [0, 0.05) is 26.4 Å². The van der Waals surface area contributed by atoms with Gasteiger partial charge in [0.1, 0.15) is 6.54 Å². The third-order valence-corrected chi connectivity index (χ3v) is 2.93. The Labute approximate surface area is 106 Å². The number of hydrogen-bond acceptors (Lipinski definition) is 4. The van der Waals surface area contributed by atoms with Gasteiger partial charge in [0.05, 0.1) is 12.5 Å². The monoisotopic (exact) mass is 251 g/mol. The SMILES string of the molecule is CC1CC(=O)N(CC(=O)N(C)CCC#N)C(=O)C1. The van der Waals surface area contributed by atoms with Crippen LogP contribution in [0.1, 0.15) is 26.2 Å². The van der Waals surface area contributed by atoms with E-state index in [0.717, 1.165) is 4.90 Å². The fraction of sp³-hybridized carbons (Fsp3) is 0.667. The predicted molar refractivity (Wildman–Crippen MR) is 63.0 cm³/mol. The molecule has 1 aliphatic rings. The molecule has 1 rings (SSSR count). The minimum Gasteiger partial charge on any atom is -0.343 e. The molecule has 0 aliphatic carbocycles. The van der Waals surface area contributed by atoms with Crippen molar-refractivity contribution >= 4 is 17.7 Å². The van der Waals surface area contributed by atoms with E-state index in [-0.39, 0.29) is 36.6 Å². The van der Waals surface area contributed by atoms with Gasteiger partial charge in [0.15, 0.2) is 0 Å². The number of rotatable bonds is 4. The molecule has 6 nitrogen and oxygen atoms in total. The molecule has 0 N–H and O–H groups in total. The standard InChI is InChI=1S/C12H17N3O3/c1-9-6-10(16)15(11(17)7-9)8-12(18)14(2)5-3-4-13/h9H,3,5-8H2,1-2H3. The average molecular weight is 251 g/mol. The number of nitrogens with zero attached hydrogens (tertiary/aromatic N) is 3. The van der Waals surface area contributed by atoms with E-state index in [4.69, 9.17) is 5.26 Å². The van der Waals surface area contributed by atoms with E-state index in [1.807, 2.05) is 13.0 Å². The Morgan fingerprint density at radius 1 is 1.44 bits per heavy atom. The van der Waals surface area contributed by atoms with Crippen LogP contribution in [0, 0.1) is 17.2 Å². The van der Waals surface area contributed by atoms with Gasteiger partial charge in [0.2, 0.25) is 17.7 Å². The summed E-state index contributed by atoms with van der Waals surface area (Å²) < 4.78 is 0. The number of nitriles is 1. The summed E-state index contributed by atoms with van der Waals surface area (Å²) in [5.74, 6) is -0.851. The molecule has 0 radical (unpaired) electrons. The topological polar surface area (TPSA) is 81.5 Å². The maximum absolute atomic E-state index is 11.8. The van der Waals surface area contributed by atoms with E-state index in [1.165, 1.54) is 4.90 Å². The number of amides is 3. The van der Waals surface area contributed by atoms with Crippen LogP contribution in [-0.4, -0.2) is 47.7 Å². The second kappa shape index (κ2) is 6.15. The molecular formula is C12H17N3O3. The predicted octanol–water partition coefficient (Wildman–Crippen LogP) is 0.144. The number of imide groups is 1. The van der Waals surface area contributed by atoms with Crippen LogP contribution in [0.25, 0.3) is 0 Å². The van der Waals surface area contributed by atoms with Gasteiger partial charge in [-0.3, -0.25) is 19.3 Å². The minimum absolute atomic E-state index is 0.0488. The van der Waals surface area contributed by atoms with Gasteiger partial charge in [0.25, 0.3) is 0 Å². The van der Waals surface area contributed by atoms with Crippen LogP contribution in [0.5, 0.6) is 0 Å². The minimum atomic E-state index is -0.318. The van der Waals surface area contributed by atoms with Crippen LogP contribution in [0.3, 0.4) is 0 Å². The zero-order valence-corrected chi connectivity index (χ0v) is 10.7. The lowest BCUT2D eigenvalue weighted by molar-refractivity contribution is -0.154. The summed E-state index contributed by atoms with van der Waals surface area (Å²) in [5, 5.41) is 8.43. The molecule has 0 spiro atoms. The van der Waals surface area contributed by atoms with Crippen molar-refractivity contribution in [1.29, 1.82) is 5.26 Å². The van der Waals surface area contributed by atoms with Crippen molar-refractivity contribution in [1.82, 2.24) is 9.80 Å². The molecule has 1 fully saturated rings. The second-order valence-electron chi connectivity index (χ2n) is 4.61. The third-order valence-electron chi connectivity index (χ3n) is 2.93. The van der Waals surface area contributed by atoms with Crippen LogP contribution in [0.2, 0.25) is 0 Å². The lowest BCUT2D eigenvalue weighted by Crippen LogP contribution is -2.48. The van der Waals surface area contributed by atoms with Gasteiger partial charge in [-0.25, -0.2) is 0 Å². The largest absolute Gasteiger partial charge is 0.343 e. The summed E-state index contributed by atoms with van der Waals surface area (Å²) >= 11 is 0. The van der Waals surface area contributed by atoms with Gasteiger partial charge in [-0.15, -0.1) is 0 Å². The van der Waals surface area contributed by atoms with Crippen LogP contribution in [0.4, 0.5) is 0 Å². The van der Waals surface area contributed by atoms with Gasteiger partial charge in [-0.05, 0) is 5.92 Å². The highest BCUT2D eigenvalue weighted by Gasteiger charge is 2.32. The Balaban J connectivity index is 2.56. The fourth-order valence-corrected chi connectivity index (χ4v) is 1.80. The summed E-state index contributed by atoms with van der Waals surface area (Å²) in [6.07, 6.45) is 0.850. The smallest absolute Gasteiger partial charge is 0.242 e. The fourth-order valence-electron chi connectivity index (χ4n) is 1.80. The molecule has 0 saturated carbocycles. The van der Waals surface area contributed by atoms with Crippen molar-refractivity contribution in [3.63, 3.8) is 0 Å². The van der Waals surface area contributed by atoms with Gasteiger partial charge in [-0.1, -0.05) is 6.92 Å². The molecule has 0 aromatic rings. The van der Waals surface area contributed by atoms with E-state index >= 15 is 0 Å². The Morgan fingerprint density at radius 3 is 2.50 bits per heavy atom. The van der Waals surface area contributed by atoms with Gasteiger partial charge in [-0.2, -0.15) is 5.26 Å². The maximum atomic E-state index is 11.8. The molecule has 0 unspecified atom stereocenters. The summed E-state index contributed by atoms with van der Waals surface area (Å²) in [6.45, 7) is 1.93. The molecule has 0 aromatic heterocycles. The van der Waals surface area contributed by atoms with E-state index in [2.05, 4.69) is 0 Å². The van der Waals surface area contributed by atoms with Gasteiger partial charge < -0.3 is 4.90 Å². The van der Waals surface area contributed by atoms with Crippen molar-refractivity contribution in [3.05, 3.63) is 0 Å². The van der Waals surface area contributed by atoms with E-state index in [1.54, 1.807) is 7.05 Å². The molecule has 18 heavy (non-hydrogen) atoms. The van der Waals surface area contributed by atoms with Crippen LogP contribution in [0.15, 0.2) is 0 Å². The lowest BCUT2D eigenvalue weighted by Gasteiger charge is -2.29. The number of piperidine rings is 1. The summed E-state index contributed by atoms with van der Waals surface area (Å²) in [5.41, 5.74) is 0. The first kappa shape index (κ1) is 14.2. The van der Waals surface area contributed by atoms with Crippen molar-refractivity contribution < 1.29 is 14.4 Å². The third kappa shape index (κ3) is 3.55. The molecule has 1 heterocycles. The average Bonchev–Trinajstić information content (AvgIpc) is 2.30. The number of likely N-dealkylation sites (N-methyl/N-ethyl adjacent to an activating group) is 1. The van der Waals surface area contributed by atoms with Crippen LogP contribution in [-0.2, 0) is 14.4 Å². The number of carbonyl (C=O) groups is 3. The zero-order chi connectivity index (χ0) is 13.7. The molecule has 98 valence electrons. The molecule has 1 saturated heterocycles. The highest BCUT2D eigenvalue weighted by Crippen LogP contribution is 2.18. The second-order valence-corrected chi connectivity index (χ2v) is 4.61. The number of carbonyl (C=O) groups excluding carboxylic acids is 3. The van der Waals surface area contributed by atoms with Crippen molar-refractivity contribution in [3.8, 4) is 6.07 Å². The highest BCUT2D eigenvalue weighted by atomic mass is 16.2. The lowest BCUT2D eigenvalue weighted by atomic mass is 9.98. The van der Waals surface area contributed by atoms with Crippen LogP contribution < -0.4 is 0 Å². The molecule has 0 atom stereocenters. The Bertz CT molecular complexity index is 382. The first-order valence-corrected chi connectivity index (χ1v) is 5.89. The number of hydrogen-bond donors (Lipinski definition) is 0. The van der Waals surface area contributed by atoms with Crippen LogP contribution >= 0.6 is 0 Å². The normalized spacial score (nSPS) is 16.6. The maximum Gasteiger partial charge on any atom is 0.242 e. The molecule has 1 aliphatic heterocycles. The molecule has 3 amide bonds. The molecule has 0 aromatic carbocycles. The Kier molecular flexibility index (Phi) is 4.84. The zero-order valence-electron chi connectivity index (χ0n) is 10.7. The van der Waals surface area contributed by atoms with E-state index in [9.17, 15) is 14.4 Å². The molecular weight excluding hydrogens is 234 g/mol. The Hall–Kier alpha value is -1.90. The molecule has 0 bridgehead atoms. The summed E-state index contributed by atoms with van der Waals surface area (Å²) in [4.78, 5) is 37.5. The van der Waals surface area contributed by atoms with Gasteiger partial charge >= 0.3 is 0 Å². The van der Waals surface area contributed by atoms with E-state index in [0.29, 0.717) is 19.4 Å². The summed E-state index contributed by atoms with van der Waals surface area (Å²) in [7, 11) is 1.56. The summed E-state index contributed by atoms with van der Waals surface area (Å²) in [6, 6.07) is 1.94. The first-order valence-electron chi connectivity index (χ1n) is 5.89. The highest BCUT2D eigenvalue weighted by molar-refractivity contribution is 6.01. The van der Waals surface area contributed by atoms with Crippen molar-refractivity contribution in [2.24, 2.45) is 5.92 Å². The van der Waals surface area contributed by atoms with Crippen molar-refractivity contribution in [2.75, 3.05) is 20.1 Å². The van der Waals surface area contributed by atoms with Crippen molar-refractivity contribution in [2.45, 2.75) is 26.2 Å². The van der Waals surface area contributed by atoms with E-state index < -0.39 is 0 Å². The number of likely N-dealkylation sites (tertiary alicyclic amines) is 1. The first-order chi connectivity index (χ1) is 8.45.